The zero-order chi connectivity index (χ0) is 19.9. The van der Waals surface area contributed by atoms with Gasteiger partial charge in [-0.05, 0) is 43.0 Å². The van der Waals surface area contributed by atoms with Crippen LogP contribution in [-0.2, 0) is 4.79 Å². The highest BCUT2D eigenvalue weighted by Crippen LogP contribution is 2.42. The number of aliphatic hydroxyl groups excluding tert-OH is 1. The number of carbonyl (C=O) groups is 1. The van der Waals surface area contributed by atoms with E-state index in [0.717, 1.165) is 12.0 Å². The quantitative estimate of drug-likeness (QED) is 0.821. The van der Waals surface area contributed by atoms with Gasteiger partial charge in [0.2, 0.25) is 5.91 Å². The Morgan fingerprint density at radius 2 is 2.11 bits per heavy atom. The van der Waals surface area contributed by atoms with Crippen molar-refractivity contribution in [2.45, 2.75) is 50.2 Å². The monoisotopic (exact) mass is 394 g/mol. The van der Waals surface area contributed by atoms with E-state index >= 15 is 0 Å². The molecule has 5 nitrogen and oxygen atoms in total. The fourth-order valence-corrected chi connectivity index (χ4v) is 4.18. The maximum Gasteiger partial charge on any atom is 0.573 e. The zero-order valence-corrected chi connectivity index (χ0v) is 15.1. The number of nitrogens with one attached hydrogen (secondary N) is 1. The molecular formula is C20H21F3N2O3. The first-order valence-corrected chi connectivity index (χ1v) is 9.32. The summed E-state index contributed by atoms with van der Waals surface area (Å²) in [5, 5.41) is 13.3. The molecule has 1 aliphatic carbocycles. The minimum absolute atomic E-state index is 0.00643. The molecule has 0 radical (unpaired) electrons. The largest absolute Gasteiger partial charge is 0.573 e. The molecule has 0 aromatic heterocycles. The molecule has 0 spiro atoms. The molecule has 4 rings (SSSR count). The number of benzene rings is 1. The molecule has 3 atom stereocenters. The number of carbonyl (C=O) groups excluding carboxylic acids is 1. The molecule has 1 saturated heterocycles. The van der Waals surface area contributed by atoms with Gasteiger partial charge in [0.25, 0.3) is 0 Å². The summed E-state index contributed by atoms with van der Waals surface area (Å²) >= 11 is 0. The Hall–Kier alpha value is -2.48. The normalized spacial score (nSPS) is 27.3. The molecule has 0 bridgehead atoms. The molecule has 1 fully saturated rings. The highest BCUT2D eigenvalue weighted by molar-refractivity contribution is 5.79. The molecule has 1 aromatic rings. The van der Waals surface area contributed by atoms with Crippen LogP contribution in [0.1, 0.15) is 37.3 Å². The molecule has 0 saturated carbocycles. The maximum absolute atomic E-state index is 12.6. The first-order valence-electron chi connectivity index (χ1n) is 9.32. The van der Waals surface area contributed by atoms with Crippen LogP contribution in [0.3, 0.4) is 0 Å². The molecule has 1 amide bonds. The number of nitrogens with zero attached hydrogens (tertiary/aromatic N) is 1. The van der Waals surface area contributed by atoms with Crippen LogP contribution in [0.25, 0.3) is 0 Å². The van der Waals surface area contributed by atoms with Crippen LogP contribution in [0.5, 0.6) is 5.75 Å². The van der Waals surface area contributed by atoms with Crippen molar-refractivity contribution >= 4 is 11.6 Å². The summed E-state index contributed by atoms with van der Waals surface area (Å²) < 4.78 is 42.0. The van der Waals surface area contributed by atoms with Gasteiger partial charge in [-0.25, -0.2) is 0 Å². The van der Waals surface area contributed by atoms with Gasteiger partial charge in [0, 0.05) is 24.2 Å². The molecule has 2 aliphatic heterocycles. The third-order valence-corrected chi connectivity index (χ3v) is 5.37. The predicted molar refractivity (Wildman–Crippen MR) is 96.7 cm³/mol. The Morgan fingerprint density at radius 1 is 1.29 bits per heavy atom. The van der Waals surface area contributed by atoms with Crippen LogP contribution >= 0.6 is 0 Å². The molecule has 2 heterocycles. The van der Waals surface area contributed by atoms with E-state index in [1.165, 1.54) is 12.1 Å². The standard InChI is InChI=1S/C20H21F3N2O3/c21-20(22,23)28-14-6-7-16-15(10-14)18(25-8-2-5-19(25)27)11-17(24-16)12-3-1-4-13(26)9-12/h1,3,6-7,9-10,13,17-18,24,26H,2,4-5,8,11H2. The average Bonchev–Trinajstić information content (AvgIpc) is 3.05. The van der Waals surface area contributed by atoms with Crippen LogP contribution in [-0.4, -0.2) is 41.0 Å². The zero-order valence-electron chi connectivity index (χ0n) is 15.1. The minimum Gasteiger partial charge on any atom is -0.406 e. The van der Waals surface area contributed by atoms with Crippen molar-refractivity contribution in [3.63, 3.8) is 0 Å². The van der Waals surface area contributed by atoms with Gasteiger partial charge in [-0.1, -0.05) is 18.2 Å². The number of amides is 1. The number of halogens is 3. The Balaban J connectivity index is 1.69. The van der Waals surface area contributed by atoms with E-state index in [1.807, 2.05) is 12.2 Å². The number of likely N-dealkylation sites (tertiary alicyclic amines) is 1. The number of anilines is 1. The Bertz CT molecular complexity index is 834. The lowest BCUT2D eigenvalue weighted by atomic mass is 9.86. The maximum atomic E-state index is 12.6. The highest BCUT2D eigenvalue weighted by atomic mass is 19.4. The third kappa shape index (κ3) is 3.87. The topological polar surface area (TPSA) is 61.8 Å². The summed E-state index contributed by atoms with van der Waals surface area (Å²) in [5.41, 5.74) is 2.20. The lowest BCUT2D eigenvalue weighted by Gasteiger charge is -2.39. The van der Waals surface area contributed by atoms with Crippen LogP contribution < -0.4 is 10.1 Å². The summed E-state index contributed by atoms with van der Waals surface area (Å²) in [7, 11) is 0. The Labute approximate surface area is 160 Å². The number of rotatable bonds is 3. The van der Waals surface area contributed by atoms with Crippen LogP contribution in [0.4, 0.5) is 18.9 Å². The molecule has 1 aromatic carbocycles. The second kappa shape index (κ2) is 7.16. The predicted octanol–water partition coefficient (Wildman–Crippen LogP) is 3.68. The van der Waals surface area contributed by atoms with Crippen LogP contribution in [0.15, 0.2) is 42.0 Å². The van der Waals surface area contributed by atoms with Gasteiger partial charge in [-0.15, -0.1) is 13.2 Å². The number of alkyl halides is 3. The van der Waals surface area contributed by atoms with Crippen LogP contribution in [0.2, 0.25) is 0 Å². The van der Waals surface area contributed by atoms with E-state index in [-0.39, 0.29) is 23.7 Å². The first-order chi connectivity index (χ1) is 13.3. The van der Waals surface area contributed by atoms with Crippen molar-refractivity contribution in [1.29, 1.82) is 0 Å². The van der Waals surface area contributed by atoms with Crippen molar-refractivity contribution in [3.05, 3.63) is 47.6 Å². The van der Waals surface area contributed by atoms with Crippen molar-refractivity contribution in [2.24, 2.45) is 0 Å². The van der Waals surface area contributed by atoms with Gasteiger partial charge in [0.05, 0.1) is 18.2 Å². The van der Waals surface area contributed by atoms with Gasteiger partial charge in [0.1, 0.15) is 5.75 Å². The number of aliphatic hydroxyl groups is 1. The van der Waals surface area contributed by atoms with Gasteiger partial charge >= 0.3 is 6.36 Å². The SMILES string of the molecule is O=C1CCCN1C1CC(C2=CC(O)CC=C2)Nc2ccc(OC(F)(F)F)cc21. The number of fused-ring (bicyclic) bond motifs is 1. The molecule has 8 heteroatoms. The summed E-state index contributed by atoms with van der Waals surface area (Å²) in [6.07, 6.45) is 2.55. The molecule has 28 heavy (non-hydrogen) atoms. The van der Waals surface area contributed by atoms with Crippen LogP contribution in [0, 0.1) is 0 Å². The molecule has 150 valence electrons. The van der Waals surface area contributed by atoms with Crippen molar-refractivity contribution in [1.82, 2.24) is 4.90 Å². The van der Waals surface area contributed by atoms with E-state index in [4.69, 9.17) is 0 Å². The van der Waals surface area contributed by atoms with E-state index in [2.05, 4.69) is 10.1 Å². The summed E-state index contributed by atoms with van der Waals surface area (Å²) in [5.74, 6) is -0.290. The van der Waals surface area contributed by atoms with E-state index in [9.17, 15) is 23.1 Å². The number of hydrogen-bond acceptors (Lipinski definition) is 4. The summed E-state index contributed by atoms with van der Waals surface area (Å²) in [6, 6.07) is 3.69. The smallest absolute Gasteiger partial charge is 0.406 e. The van der Waals surface area contributed by atoms with Crippen molar-refractivity contribution in [3.8, 4) is 5.75 Å². The number of ether oxygens (including phenoxy) is 1. The fourth-order valence-electron chi connectivity index (χ4n) is 4.18. The Morgan fingerprint density at radius 3 is 2.79 bits per heavy atom. The van der Waals surface area contributed by atoms with E-state index < -0.39 is 12.5 Å². The highest BCUT2D eigenvalue weighted by Gasteiger charge is 2.37. The van der Waals surface area contributed by atoms with Crippen molar-refractivity contribution < 1.29 is 27.8 Å². The van der Waals surface area contributed by atoms with Gasteiger partial charge in [-0.2, -0.15) is 0 Å². The summed E-state index contributed by atoms with van der Waals surface area (Å²) in [4.78, 5) is 14.1. The Kier molecular flexibility index (Phi) is 4.82. The number of hydrogen-bond donors (Lipinski definition) is 2. The van der Waals surface area contributed by atoms with Gasteiger partial charge in [-0.3, -0.25) is 4.79 Å². The van der Waals surface area contributed by atoms with E-state index in [1.54, 1.807) is 17.0 Å². The minimum atomic E-state index is -4.77. The molecule has 3 aliphatic rings. The molecule has 3 unspecified atom stereocenters. The lowest BCUT2D eigenvalue weighted by Crippen LogP contribution is -2.39. The second-order valence-corrected chi connectivity index (χ2v) is 7.31. The van der Waals surface area contributed by atoms with Crippen molar-refractivity contribution in [2.75, 3.05) is 11.9 Å². The van der Waals surface area contributed by atoms with E-state index in [0.29, 0.717) is 37.1 Å². The second-order valence-electron chi connectivity index (χ2n) is 7.31. The molecular weight excluding hydrogens is 373 g/mol. The van der Waals surface area contributed by atoms with Gasteiger partial charge < -0.3 is 20.1 Å². The first kappa shape index (κ1) is 18.9. The summed E-state index contributed by atoms with van der Waals surface area (Å²) in [6.45, 7) is 0.581. The third-order valence-electron chi connectivity index (χ3n) is 5.37. The fraction of sp³-hybridized carbons (Fsp3) is 0.450. The molecule has 2 N–H and O–H groups in total. The lowest BCUT2D eigenvalue weighted by molar-refractivity contribution is -0.274. The average molecular weight is 394 g/mol. The van der Waals surface area contributed by atoms with Gasteiger partial charge in [0.15, 0.2) is 0 Å².